The van der Waals surface area contributed by atoms with Crippen molar-refractivity contribution < 1.29 is 0 Å². The Hall–Kier alpha value is -6.25. The molecule has 0 spiro atoms. The van der Waals surface area contributed by atoms with Crippen LogP contribution in [0.3, 0.4) is 0 Å². The first kappa shape index (κ1) is 31.0. The molecule has 0 amide bonds. The maximum absolute atomic E-state index is 4.91. The highest BCUT2D eigenvalue weighted by molar-refractivity contribution is 5.92. The van der Waals surface area contributed by atoms with Crippen LogP contribution in [0.5, 0.6) is 0 Å². The molecule has 6 aromatic rings. The summed E-state index contributed by atoms with van der Waals surface area (Å²) >= 11 is 0. The highest BCUT2D eigenvalue weighted by Crippen LogP contribution is 2.37. The van der Waals surface area contributed by atoms with Gasteiger partial charge < -0.3 is 5.32 Å². The molecule has 0 radical (unpaired) electrons. The largest absolute Gasteiger partial charge is 0.379 e. The van der Waals surface area contributed by atoms with Crippen molar-refractivity contribution in [2.75, 3.05) is 0 Å². The number of benzene rings is 5. The molecule has 0 saturated heterocycles. The topological polar surface area (TPSA) is 24.9 Å². The van der Waals surface area contributed by atoms with Crippen LogP contribution in [-0.4, -0.2) is 11.0 Å². The van der Waals surface area contributed by atoms with Gasteiger partial charge in [-0.25, -0.2) is 0 Å². The number of allylic oxidation sites excluding steroid dienone is 8. The lowest BCUT2D eigenvalue weighted by Crippen LogP contribution is -2.27. The van der Waals surface area contributed by atoms with E-state index < -0.39 is 0 Å². The zero-order valence-corrected chi connectivity index (χ0v) is 28.1. The average Bonchev–Trinajstić information content (AvgIpc) is 3.43. The van der Waals surface area contributed by atoms with Crippen LogP contribution >= 0.6 is 0 Å². The Morgan fingerprint density at radius 1 is 0.480 bits per heavy atom. The number of aromatic nitrogens is 1. The first-order chi connectivity index (χ1) is 24.7. The van der Waals surface area contributed by atoms with Gasteiger partial charge in [0.2, 0.25) is 0 Å². The minimum Gasteiger partial charge on any atom is -0.379 e. The molecule has 5 aromatic carbocycles. The molecular formula is C48H38N2. The van der Waals surface area contributed by atoms with E-state index in [1.807, 2.05) is 6.20 Å². The van der Waals surface area contributed by atoms with Gasteiger partial charge in [0.05, 0.1) is 5.69 Å². The number of nitrogens with zero attached hydrogens (tertiary/aromatic N) is 1. The van der Waals surface area contributed by atoms with Crippen molar-refractivity contribution in [2.24, 2.45) is 0 Å². The molecule has 1 N–H and O–H groups in total. The van der Waals surface area contributed by atoms with Gasteiger partial charge in [-0.3, -0.25) is 4.98 Å². The Kier molecular flexibility index (Phi) is 8.74. The Balaban J connectivity index is 1.29. The predicted molar refractivity (Wildman–Crippen MR) is 211 cm³/mol. The Morgan fingerprint density at radius 3 is 1.62 bits per heavy atom. The van der Waals surface area contributed by atoms with E-state index in [1.54, 1.807) is 0 Å². The van der Waals surface area contributed by atoms with Crippen molar-refractivity contribution in [3.8, 4) is 33.4 Å². The molecule has 0 bridgehead atoms. The van der Waals surface area contributed by atoms with Crippen LogP contribution in [0.2, 0.25) is 0 Å². The molecule has 2 heteroatoms. The second-order valence-corrected chi connectivity index (χ2v) is 12.9. The fraction of sp³-hybridized carbons (Fsp3) is 0.0625. The second-order valence-electron chi connectivity index (χ2n) is 12.9. The third kappa shape index (κ3) is 6.83. The third-order valence-electron chi connectivity index (χ3n) is 9.39. The van der Waals surface area contributed by atoms with E-state index in [1.165, 1.54) is 44.5 Å². The monoisotopic (exact) mass is 642 g/mol. The molecule has 240 valence electrons. The molecule has 0 fully saturated rings. The molecule has 2 aliphatic rings. The van der Waals surface area contributed by atoms with Gasteiger partial charge in [-0.15, -0.1) is 0 Å². The molecule has 8 rings (SSSR count). The van der Waals surface area contributed by atoms with E-state index in [2.05, 4.69) is 194 Å². The lowest BCUT2D eigenvalue weighted by Gasteiger charge is -2.24. The van der Waals surface area contributed by atoms with E-state index in [0.717, 1.165) is 40.1 Å². The van der Waals surface area contributed by atoms with Crippen LogP contribution in [0.1, 0.15) is 30.2 Å². The molecule has 2 heterocycles. The molecule has 1 aliphatic heterocycles. The average molecular weight is 643 g/mol. The summed E-state index contributed by atoms with van der Waals surface area (Å²) in [6.07, 6.45) is 14.3. The maximum atomic E-state index is 4.91. The maximum Gasteiger partial charge on any atom is 0.0705 e. The molecule has 1 atom stereocenters. The van der Waals surface area contributed by atoms with Gasteiger partial charge in [0, 0.05) is 17.9 Å². The summed E-state index contributed by atoms with van der Waals surface area (Å²) < 4.78 is 0. The van der Waals surface area contributed by atoms with Crippen LogP contribution in [0.15, 0.2) is 200 Å². The molecule has 50 heavy (non-hydrogen) atoms. The molecule has 1 aliphatic carbocycles. The standard InChI is InChI=1S/C48H38N2/c1-34-26-42(36-16-8-3-9-17-36)33-48(50-34)41-23-22-40(47-32-39(24-25-49-47)35-14-6-2-7-15-35)27-45(28-41)46-30-43(37-18-10-4-11-19-37)29-44(31-46)38-20-12-5-13-21-38/h2-22,24-34,50H,23H2,1H3. The Labute approximate surface area is 295 Å². The minimum absolute atomic E-state index is 0.195. The summed E-state index contributed by atoms with van der Waals surface area (Å²) in [5, 5.41) is 3.79. The normalized spacial score (nSPS) is 15.8. The Bertz CT molecular complexity index is 2230. The van der Waals surface area contributed by atoms with Gasteiger partial charge in [-0.05, 0) is 129 Å². The number of nitrogens with one attached hydrogen (secondary N) is 1. The van der Waals surface area contributed by atoms with Gasteiger partial charge in [-0.2, -0.15) is 0 Å². The quantitative estimate of drug-likeness (QED) is 0.187. The number of hydrogen-bond acceptors (Lipinski definition) is 2. The molecule has 2 nitrogen and oxygen atoms in total. The fourth-order valence-corrected chi connectivity index (χ4v) is 6.85. The van der Waals surface area contributed by atoms with Gasteiger partial charge in [0.25, 0.3) is 0 Å². The summed E-state index contributed by atoms with van der Waals surface area (Å²) in [6, 6.07) is 54.0. The summed E-state index contributed by atoms with van der Waals surface area (Å²) in [4.78, 5) is 4.91. The van der Waals surface area contributed by atoms with Crippen LogP contribution in [0.25, 0.3) is 50.1 Å². The van der Waals surface area contributed by atoms with Crippen LogP contribution in [0.4, 0.5) is 0 Å². The van der Waals surface area contributed by atoms with Gasteiger partial charge in [-0.1, -0.05) is 133 Å². The summed E-state index contributed by atoms with van der Waals surface area (Å²) in [6.45, 7) is 2.22. The predicted octanol–water partition coefficient (Wildman–Crippen LogP) is 11.8. The van der Waals surface area contributed by atoms with E-state index in [9.17, 15) is 0 Å². The van der Waals surface area contributed by atoms with Crippen molar-refractivity contribution in [1.82, 2.24) is 10.3 Å². The summed E-state index contributed by atoms with van der Waals surface area (Å²) in [7, 11) is 0. The van der Waals surface area contributed by atoms with Crippen molar-refractivity contribution in [2.45, 2.75) is 19.4 Å². The lowest BCUT2D eigenvalue weighted by atomic mass is 9.91. The smallest absolute Gasteiger partial charge is 0.0705 e. The molecule has 0 saturated carbocycles. The SMILES string of the molecule is CC1C=C(c2ccccc2)C=C(C2=CC(c3cc(-c4ccccc4)cc(-c4ccccc4)c3)=CC(c3cc(-c4ccccc4)ccn3)=CC2)N1. The van der Waals surface area contributed by atoms with E-state index >= 15 is 0 Å². The van der Waals surface area contributed by atoms with Crippen molar-refractivity contribution in [1.29, 1.82) is 0 Å². The Morgan fingerprint density at radius 2 is 1.02 bits per heavy atom. The first-order valence-corrected chi connectivity index (χ1v) is 17.3. The van der Waals surface area contributed by atoms with E-state index in [4.69, 9.17) is 4.98 Å². The van der Waals surface area contributed by atoms with Crippen LogP contribution < -0.4 is 5.32 Å². The van der Waals surface area contributed by atoms with Gasteiger partial charge in [0.15, 0.2) is 0 Å². The first-order valence-electron chi connectivity index (χ1n) is 17.3. The zero-order valence-electron chi connectivity index (χ0n) is 28.1. The van der Waals surface area contributed by atoms with Crippen molar-refractivity contribution in [3.63, 3.8) is 0 Å². The van der Waals surface area contributed by atoms with Crippen molar-refractivity contribution in [3.05, 3.63) is 216 Å². The van der Waals surface area contributed by atoms with Crippen LogP contribution in [0, 0.1) is 0 Å². The highest BCUT2D eigenvalue weighted by atomic mass is 14.9. The fourth-order valence-electron chi connectivity index (χ4n) is 6.85. The van der Waals surface area contributed by atoms with E-state index in [0.29, 0.717) is 0 Å². The molecule has 1 aromatic heterocycles. The molecular weight excluding hydrogens is 605 g/mol. The number of dihydropyridines is 1. The van der Waals surface area contributed by atoms with Crippen molar-refractivity contribution >= 4 is 16.7 Å². The highest BCUT2D eigenvalue weighted by Gasteiger charge is 2.19. The van der Waals surface area contributed by atoms with Gasteiger partial charge >= 0.3 is 0 Å². The summed E-state index contributed by atoms with van der Waals surface area (Å²) in [5.74, 6) is 0. The lowest BCUT2D eigenvalue weighted by molar-refractivity contribution is 0.724. The zero-order chi connectivity index (χ0) is 33.7. The number of pyridine rings is 1. The summed E-state index contributed by atoms with van der Waals surface area (Å²) in [5.41, 5.74) is 16.4. The minimum atomic E-state index is 0.195. The van der Waals surface area contributed by atoms with Crippen LogP contribution in [-0.2, 0) is 0 Å². The van der Waals surface area contributed by atoms with E-state index in [-0.39, 0.29) is 6.04 Å². The third-order valence-corrected chi connectivity index (χ3v) is 9.39. The molecule has 1 unspecified atom stereocenters. The van der Waals surface area contributed by atoms with Gasteiger partial charge in [0.1, 0.15) is 0 Å². The number of hydrogen-bond donors (Lipinski definition) is 1. The second kappa shape index (κ2) is 14.1. The number of rotatable bonds is 7.